The quantitative estimate of drug-likeness (QED) is 0.655. The number of anilines is 2. The second kappa shape index (κ2) is 10.2. The smallest absolute Gasteiger partial charge is 0.330 e. The second-order valence-corrected chi connectivity index (χ2v) is 7.68. The van der Waals surface area contributed by atoms with Crippen LogP contribution in [0.1, 0.15) is 51.0 Å². The van der Waals surface area contributed by atoms with Crippen LogP contribution in [0.5, 0.6) is 0 Å². The normalized spacial score (nSPS) is 14.2. The lowest BCUT2D eigenvalue weighted by Gasteiger charge is -2.25. The molecule has 1 aliphatic carbocycles. The minimum atomic E-state index is -0.671. The topological polar surface area (TPSA) is 110 Å². The fourth-order valence-corrected chi connectivity index (χ4v) is 3.76. The maximum absolute atomic E-state index is 13.1. The number of nitrogen functional groups attached to an aromatic ring is 1. The number of aromatic nitrogens is 2. The van der Waals surface area contributed by atoms with E-state index in [0.29, 0.717) is 6.54 Å². The number of unbranched alkanes of at least 4 members (excludes halogenated alkanes) is 1. The Balaban J connectivity index is 1.95. The van der Waals surface area contributed by atoms with Crippen LogP contribution < -0.4 is 21.9 Å². The highest BCUT2D eigenvalue weighted by molar-refractivity contribution is 5.96. The summed E-state index contributed by atoms with van der Waals surface area (Å²) in [7, 11) is 0. The SMILES string of the molecule is CCCCn1c(N)c(N(Cc2ccccc2)C(=O)COC2CCCC2)c(=O)[nH]c1=O. The molecular weight excluding hydrogens is 384 g/mol. The monoisotopic (exact) mass is 414 g/mol. The maximum Gasteiger partial charge on any atom is 0.330 e. The number of carbonyl (C=O) groups is 1. The second-order valence-electron chi connectivity index (χ2n) is 7.68. The molecule has 0 spiro atoms. The molecule has 2 aromatic rings. The van der Waals surface area contributed by atoms with Crippen LogP contribution in [0.2, 0.25) is 0 Å². The number of nitrogens with two attached hydrogens (primary N) is 1. The summed E-state index contributed by atoms with van der Waals surface area (Å²) in [5.41, 5.74) is 5.85. The molecular formula is C22H30N4O4. The number of aromatic amines is 1. The van der Waals surface area contributed by atoms with Crippen molar-refractivity contribution in [3.8, 4) is 0 Å². The number of benzene rings is 1. The van der Waals surface area contributed by atoms with E-state index in [1.54, 1.807) is 0 Å². The molecule has 162 valence electrons. The van der Waals surface area contributed by atoms with Gasteiger partial charge in [-0.25, -0.2) is 4.79 Å². The number of H-pyrrole nitrogens is 1. The van der Waals surface area contributed by atoms with E-state index in [2.05, 4.69) is 4.98 Å². The van der Waals surface area contributed by atoms with Gasteiger partial charge in [0.05, 0.1) is 12.6 Å². The van der Waals surface area contributed by atoms with E-state index in [0.717, 1.165) is 44.1 Å². The van der Waals surface area contributed by atoms with Crippen molar-refractivity contribution in [2.75, 3.05) is 17.2 Å². The number of carbonyl (C=O) groups excluding carboxylic acids is 1. The lowest BCUT2D eigenvalue weighted by Crippen LogP contribution is -2.42. The van der Waals surface area contributed by atoms with E-state index >= 15 is 0 Å². The minimum Gasteiger partial charge on any atom is -0.383 e. The summed E-state index contributed by atoms with van der Waals surface area (Å²) < 4.78 is 7.11. The van der Waals surface area contributed by atoms with Gasteiger partial charge in [-0.1, -0.05) is 56.5 Å². The summed E-state index contributed by atoms with van der Waals surface area (Å²) in [5.74, 6) is -0.356. The molecule has 0 atom stereocenters. The Morgan fingerprint density at radius 3 is 2.60 bits per heavy atom. The first kappa shape index (κ1) is 21.8. The molecule has 1 aliphatic rings. The highest BCUT2D eigenvalue weighted by atomic mass is 16.5. The van der Waals surface area contributed by atoms with E-state index in [1.807, 2.05) is 37.3 Å². The van der Waals surface area contributed by atoms with E-state index in [1.165, 1.54) is 9.47 Å². The summed E-state index contributed by atoms with van der Waals surface area (Å²) >= 11 is 0. The molecule has 1 aromatic heterocycles. The van der Waals surface area contributed by atoms with Crippen LogP contribution in [0.25, 0.3) is 0 Å². The van der Waals surface area contributed by atoms with Crippen LogP contribution in [-0.2, 0) is 22.6 Å². The highest BCUT2D eigenvalue weighted by Gasteiger charge is 2.26. The zero-order valence-corrected chi connectivity index (χ0v) is 17.4. The van der Waals surface area contributed by atoms with Gasteiger partial charge in [0.2, 0.25) is 0 Å². The van der Waals surface area contributed by atoms with Crippen molar-refractivity contribution in [3.63, 3.8) is 0 Å². The summed E-state index contributed by atoms with van der Waals surface area (Å²) in [4.78, 5) is 41.7. The Morgan fingerprint density at radius 1 is 1.23 bits per heavy atom. The summed E-state index contributed by atoms with van der Waals surface area (Å²) in [6.45, 7) is 2.40. The first-order valence-electron chi connectivity index (χ1n) is 10.6. The average Bonchev–Trinajstić information content (AvgIpc) is 3.25. The largest absolute Gasteiger partial charge is 0.383 e. The Morgan fingerprint density at radius 2 is 1.93 bits per heavy atom. The van der Waals surface area contributed by atoms with E-state index < -0.39 is 11.2 Å². The summed E-state index contributed by atoms with van der Waals surface area (Å²) in [5, 5.41) is 0. The molecule has 30 heavy (non-hydrogen) atoms. The number of rotatable bonds is 9. The van der Waals surface area contributed by atoms with Crippen molar-refractivity contribution in [2.45, 2.75) is 64.6 Å². The Bertz CT molecular complexity index is 961. The van der Waals surface area contributed by atoms with E-state index in [-0.39, 0.29) is 36.7 Å². The molecule has 0 saturated heterocycles. The average molecular weight is 415 g/mol. The van der Waals surface area contributed by atoms with Gasteiger partial charge in [0.1, 0.15) is 12.4 Å². The Labute approximate surface area is 175 Å². The zero-order valence-electron chi connectivity index (χ0n) is 17.4. The highest BCUT2D eigenvalue weighted by Crippen LogP contribution is 2.23. The van der Waals surface area contributed by atoms with Gasteiger partial charge in [-0.05, 0) is 24.8 Å². The fraction of sp³-hybridized carbons (Fsp3) is 0.500. The molecule has 3 rings (SSSR count). The van der Waals surface area contributed by atoms with Gasteiger partial charge >= 0.3 is 5.69 Å². The van der Waals surface area contributed by atoms with Gasteiger partial charge in [0.25, 0.3) is 11.5 Å². The van der Waals surface area contributed by atoms with Crippen LogP contribution in [-0.4, -0.2) is 28.2 Å². The molecule has 1 aromatic carbocycles. The van der Waals surface area contributed by atoms with E-state index in [4.69, 9.17) is 10.5 Å². The standard InChI is InChI=1S/C22H30N4O4/c1-2-3-13-25-20(23)19(21(28)24-22(25)29)26(14-16-9-5-4-6-10-16)18(27)15-30-17-11-7-8-12-17/h4-6,9-10,17H,2-3,7-8,11-15,23H2,1H3,(H,24,28,29). The molecule has 1 amide bonds. The lowest BCUT2D eigenvalue weighted by molar-refractivity contribution is -0.125. The first-order chi connectivity index (χ1) is 14.5. The Hall–Kier alpha value is -2.87. The predicted molar refractivity (Wildman–Crippen MR) is 116 cm³/mol. The van der Waals surface area contributed by atoms with Gasteiger partial charge in [-0.3, -0.25) is 24.0 Å². The fourth-order valence-electron chi connectivity index (χ4n) is 3.76. The number of ether oxygens (including phenoxy) is 1. The Kier molecular flexibility index (Phi) is 7.46. The molecule has 1 fully saturated rings. The van der Waals surface area contributed by atoms with Crippen LogP contribution in [0, 0.1) is 0 Å². The number of nitrogens with one attached hydrogen (secondary N) is 1. The number of hydrogen-bond donors (Lipinski definition) is 2. The van der Waals surface area contributed by atoms with Gasteiger partial charge in [-0.2, -0.15) is 0 Å². The van der Waals surface area contributed by atoms with Crippen molar-refractivity contribution in [1.29, 1.82) is 0 Å². The van der Waals surface area contributed by atoms with Crippen molar-refractivity contribution < 1.29 is 9.53 Å². The van der Waals surface area contributed by atoms with Gasteiger partial charge < -0.3 is 10.5 Å². The van der Waals surface area contributed by atoms with Crippen molar-refractivity contribution in [3.05, 3.63) is 56.7 Å². The first-order valence-corrected chi connectivity index (χ1v) is 10.6. The molecule has 0 radical (unpaired) electrons. The molecule has 3 N–H and O–H groups in total. The van der Waals surface area contributed by atoms with Gasteiger partial charge in [0.15, 0.2) is 5.69 Å². The van der Waals surface area contributed by atoms with E-state index in [9.17, 15) is 14.4 Å². The van der Waals surface area contributed by atoms with Gasteiger partial charge in [-0.15, -0.1) is 0 Å². The summed E-state index contributed by atoms with van der Waals surface area (Å²) in [6.07, 6.45) is 5.74. The van der Waals surface area contributed by atoms with Crippen LogP contribution in [0.4, 0.5) is 11.5 Å². The van der Waals surface area contributed by atoms with Crippen molar-refractivity contribution in [1.82, 2.24) is 9.55 Å². The molecule has 1 saturated carbocycles. The molecule has 8 nitrogen and oxygen atoms in total. The van der Waals surface area contributed by atoms with Crippen molar-refractivity contribution in [2.24, 2.45) is 0 Å². The molecule has 0 aliphatic heterocycles. The number of amides is 1. The van der Waals surface area contributed by atoms with Crippen LogP contribution in [0.3, 0.4) is 0 Å². The molecule has 0 bridgehead atoms. The summed E-state index contributed by atoms with van der Waals surface area (Å²) in [6, 6.07) is 9.35. The van der Waals surface area contributed by atoms with Crippen molar-refractivity contribution >= 4 is 17.4 Å². The minimum absolute atomic E-state index is 0.00217. The number of nitrogens with zero attached hydrogens (tertiary/aromatic N) is 2. The molecule has 1 heterocycles. The third-order valence-electron chi connectivity index (χ3n) is 5.45. The van der Waals surface area contributed by atoms with Gasteiger partial charge in [0, 0.05) is 6.54 Å². The molecule has 8 heteroatoms. The number of hydrogen-bond acceptors (Lipinski definition) is 5. The lowest BCUT2D eigenvalue weighted by atomic mass is 10.2. The van der Waals surface area contributed by atoms with Crippen LogP contribution >= 0.6 is 0 Å². The van der Waals surface area contributed by atoms with Crippen LogP contribution in [0.15, 0.2) is 39.9 Å². The third kappa shape index (κ3) is 5.18. The zero-order chi connectivity index (χ0) is 21.5. The third-order valence-corrected chi connectivity index (χ3v) is 5.45. The molecule has 0 unspecified atom stereocenters. The predicted octanol–water partition coefficient (Wildman–Crippen LogP) is 2.41. The maximum atomic E-state index is 13.1.